The summed E-state index contributed by atoms with van der Waals surface area (Å²) in [5.74, 6) is -3.06. The van der Waals surface area contributed by atoms with Crippen molar-refractivity contribution in [2.45, 2.75) is 95.8 Å². The van der Waals surface area contributed by atoms with Crippen molar-refractivity contribution in [1.82, 2.24) is 21.3 Å². The molecular weight excluding hydrogens is 626 g/mol. The summed E-state index contributed by atoms with van der Waals surface area (Å²) in [4.78, 5) is 79.5. The van der Waals surface area contributed by atoms with Gasteiger partial charge in [0, 0.05) is 31.3 Å². The molecule has 1 aromatic carbocycles. The Hall–Kier alpha value is -4.84. The second-order valence-corrected chi connectivity index (χ2v) is 11.8. The molecule has 268 valence electrons. The van der Waals surface area contributed by atoms with Crippen LogP contribution in [0.25, 0.3) is 0 Å². The number of rotatable bonds is 22. The molecule has 0 aromatic heterocycles. The molecule has 0 unspecified atom stereocenters. The fourth-order valence-electron chi connectivity index (χ4n) is 4.57. The van der Waals surface area contributed by atoms with Gasteiger partial charge in [0.15, 0.2) is 5.96 Å². The normalized spacial score (nSPS) is 12.9. The highest BCUT2D eigenvalue weighted by molar-refractivity contribution is 5.99. The lowest BCUT2D eigenvalue weighted by Crippen LogP contribution is -2.60. The topological polar surface area (TPSA) is 305 Å². The van der Waals surface area contributed by atoms with Crippen LogP contribution in [0.4, 0.5) is 11.4 Å². The van der Waals surface area contributed by atoms with Crippen molar-refractivity contribution in [3.8, 4) is 0 Å². The lowest BCUT2D eigenvalue weighted by Gasteiger charge is -2.29. The number of carbonyl (C=O) groups excluding carboxylic acids is 5. The van der Waals surface area contributed by atoms with Crippen LogP contribution in [-0.4, -0.2) is 83.7 Å². The molecule has 0 heterocycles. The zero-order valence-corrected chi connectivity index (χ0v) is 27.9. The van der Waals surface area contributed by atoms with E-state index in [9.17, 15) is 34.1 Å². The van der Waals surface area contributed by atoms with Crippen molar-refractivity contribution in [2.75, 3.05) is 25.0 Å². The Bertz CT molecular complexity index is 1270. The van der Waals surface area contributed by atoms with Gasteiger partial charge in [-0.1, -0.05) is 0 Å². The Kier molecular flexibility index (Phi) is 18.1. The molecule has 0 bridgehead atoms. The summed E-state index contributed by atoms with van der Waals surface area (Å²) in [6, 6.07) is 1.91. The number of anilines is 1. The highest BCUT2D eigenvalue weighted by atomic mass is 16.6. The quantitative estimate of drug-likeness (QED) is 0.0241. The minimum absolute atomic E-state index is 0.112. The van der Waals surface area contributed by atoms with Gasteiger partial charge in [0.1, 0.15) is 23.7 Å². The van der Waals surface area contributed by atoms with Crippen molar-refractivity contribution < 1.29 is 28.9 Å². The molecule has 0 aliphatic carbocycles. The number of non-ortho nitro benzene ring substituents is 1. The van der Waals surface area contributed by atoms with Gasteiger partial charge in [-0.3, -0.25) is 39.1 Å². The summed E-state index contributed by atoms with van der Waals surface area (Å²) in [5.41, 5.74) is 20.9. The maximum Gasteiger partial charge on any atom is 0.269 e. The lowest BCUT2D eigenvalue weighted by atomic mass is 10.0. The Balaban J connectivity index is 3.23. The Morgan fingerprint density at radius 1 is 0.792 bits per heavy atom. The molecular formula is C30H51N11O7. The van der Waals surface area contributed by atoms with E-state index in [2.05, 4.69) is 31.6 Å². The molecule has 18 heteroatoms. The molecule has 0 aliphatic heterocycles. The first-order valence-electron chi connectivity index (χ1n) is 15.8. The molecule has 0 aliphatic rings. The molecule has 0 saturated heterocycles. The number of nitrogens with one attached hydrogen (secondary N) is 5. The third-order valence-electron chi connectivity index (χ3n) is 7.13. The van der Waals surface area contributed by atoms with Crippen molar-refractivity contribution >= 4 is 46.9 Å². The van der Waals surface area contributed by atoms with Crippen LogP contribution in [0.15, 0.2) is 29.3 Å². The second kappa shape index (κ2) is 21.1. The minimum atomic E-state index is -1.32. The van der Waals surface area contributed by atoms with Crippen LogP contribution < -0.4 is 49.5 Å². The number of hydrogen-bond acceptors (Lipinski definition) is 10. The number of carbonyl (C=O) groups is 5. The maximum atomic E-state index is 13.7. The van der Waals surface area contributed by atoms with Crippen LogP contribution in [-0.2, 0) is 24.0 Å². The van der Waals surface area contributed by atoms with Gasteiger partial charge in [-0.15, -0.1) is 0 Å². The third-order valence-corrected chi connectivity index (χ3v) is 7.13. The van der Waals surface area contributed by atoms with Crippen LogP contribution in [0.1, 0.15) is 72.1 Å². The van der Waals surface area contributed by atoms with Gasteiger partial charge < -0.3 is 49.5 Å². The number of aliphatic imine (C=N–C) groups is 1. The van der Waals surface area contributed by atoms with Gasteiger partial charge in [-0.05, 0) is 90.4 Å². The van der Waals surface area contributed by atoms with Crippen molar-refractivity contribution in [1.29, 1.82) is 0 Å². The van der Waals surface area contributed by atoms with Gasteiger partial charge in [0.25, 0.3) is 5.69 Å². The standard InChI is InChI=1S/C30H51N11O7/c1-19(42)40-30(2,3)28(46)39-24(10-5-7-17-32)27(45)37-22(9-4-6-16-31)26(44)38-23(11-8-18-35-29(33)34)25(43)36-20-12-14-21(15-13-20)41(47)48/h12-15,22-24H,4-11,16-18,31-32H2,1-3H3,(H,36,43)(H,37,45)(H,38,44)(H,39,46)(H,40,42)(H4,33,34,35)/t22-,23-,24-/m0/s1. The van der Waals surface area contributed by atoms with E-state index in [0.717, 1.165) is 0 Å². The first kappa shape index (κ1) is 41.2. The molecule has 18 nitrogen and oxygen atoms in total. The highest BCUT2D eigenvalue weighted by Crippen LogP contribution is 2.16. The monoisotopic (exact) mass is 677 g/mol. The summed E-state index contributed by atoms with van der Waals surface area (Å²) >= 11 is 0. The van der Waals surface area contributed by atoms with Crippen LogP contribution in [0.5, 0.6) is 0 Å². The van der Waals surface area contributed by atoms with Crippen LogP contribution >= 0.6 is 0 Å². The zero-order valence-electron chi connectivity index (χ0n) is 27.9. The molecule has 0 fully saturated rings. The Morgan fingerprint density at radius 3 is 1.73 bits per heavy atom. The summed E-state index contributed by atoms with van der Waals surface area (Å²) in [6.07, 6.45) is 2.93. The fraction of sp³-hybridized carbons (Fsp3) is 0.600. The average Bonchev–Trinajstić information content (AvgIpc) is 3.00. The molecule has 0 radical (unpaired) electrons. The smallest absolute Gasteiger partial charge is 0.269 e. The number of nitrogens with two attached hydrogens (primary N) is 4. The van der Waals surface area contributed by atoms with E-state index in [1.54, 1.807) is 0 Å². The lowest BCUT2D eigenvalue weighted by molar-refractivity contribution is -0.384. The van der Waals surface area contributed by atoms with Gasteiger partial charge in [-0.25, -0.2) is 0 Å². The molecule has 48 heavy (non-hydrogen) atoms. The first-order chi connectivity index (χ1) is 22.6. The van der Waals surface area contributed by atoms with Gasteiger partial charge in [-0.2, -0.15) is 0 Å². The second-order valence-electron chi connectivity index (χ2n) is 11.8. The third kappa shape index (κ3) is 15.6. The van der Waals surface area contributed by atoms with Crippen molar-refractivity contribution in [3.05, 3.63) is 34.4 Å². The summed E-state index contributed by atoms with van der Waals surface area (Å²) in [6.45, 7) is 5.16. The number of unbranched alkanes of at least 4 members (excludes halogenated alkanes) is 2. The average molecular weight is 678 g/mol. The number of nitrogens with zero attached hydrogens (tertiary/aromatic N) is 2. The maximum absolute atomic E-state index is 13.7. The number of guanidine groups is 1. The number of benzene rings is 1. The molecule has 0 spiro atoms. The van der Waals surface area contributed by atoms with Crippen LogP contribution in [0, 0.1) is 10.1 Å². The molecule has 3 atom stereocenters. The van der Waals surface area contributed by atoms with Crippen LogP contribution in [0.3, 0.4) is 0 Å². The number of amides is 5. The first-order valence-corrected chi connectivity index (χ1v) is 15.8. The summed E-state index contributed by atoms with van der Waals surface area (Å²) in [5, 5.41) is 24.3. The summed E-state index contributed by atoms with van der Waals surface area (Å²) < 4.78 is 0. The number of hydrogen-bond donors (Lipinski definition) is 9. The van der Waals surface area contributed by atoms with Gasteiger partial charge in [0.05, 0.1) is 4.92 Å². The number of nitro groups is 1. The number of nitro benzene ring substituents is 1. The van der Waals surface area contributed by atoms with E-state index in [4.69, 9.17) is 22.9 Å². The SMILES string of the molecule is CC(=O)NC(C)(C)C(=O)N[C@@H](CCCCN)C(=O)N[C@@H](CCCCN)C(=O)N[C@@H](CCCN=C(N)N)C(=O)Nc1ccc([N+](=O)[O-])cc1. The van der Waals surface area contributed by atoms with E-state index in [1.807, 2.05) is 0 Å². The van der Waals surface area contributed by atoms with E-state index in [1.165, 1.54) is 45.0 Å². The fourth-order valence-corrected chi connectivity index (χ4v) is 4.57. The Morgan fingerprint density at radius 2 is 1.27 bits per heavy atom. The van der Waals surface area contributed by atoms with E-state index < -0.39 is 58.1 Å². The Labute approximate surface area is 280 Å². The van der Waals surface area contributed by atoms with E-state index >= 15 is 0 Å². The zero-order chi connectivity index (χ0) is 36.3. The van der Waals surface area contributed by atoms with Crippen molar-refractivity contribution in [2.24, 2.45) is 27.9 Å². The van der Waals surface area contributed by atoms with Gasteiger partial charge >= 0.3 is 0 Å². The minimum Gasteiger partial charge on any atom is -0.370 e. The summed E-state index contributed by atoms with van der Waals surface area (Å²) in [7, 11) is 0. The predicted octanol–water partition coefficient (Wildman–Crippen LogP) is -0.786. The van der Waals surface area contributed by atoms with Gasteiger partial charge in [0.2, 0.25) is 29.5 Å². The molecule has 5 amide bonds. The molecule has 13 N–H and O–H groups in total. The van der Waals surface area contributed by atoms with E-state index in [-0.39, 0.29) is 43.1 Å². The highest BCUT2D eigenvalue weighted by Gasteiger charge is 2.34. The largest absolute Gasteiger partial charge is 0.370 e. The van der Waals surface area contributed by atoms with E-state index in [0.29, 0.717) is 45.2 Å². The molecule has 1 rings (SSSR count). The van der Waals surface area contributed by atoms with Crippen molar-refractivity contribution in [3.63, 3.8) is 0 Å². The molecule has 1 aromatic rings. The molecule has 0 saturated carbocycles. The predicted molar refractivity (Wildman–Crippen MR) is 181 cm³/mol. The van der Waals surface area contributed by atoms with Crippen LogP contribution in [0.2, 0.25) is 0 Å².